The van der Waals surface area contributed by atoms with E-state index in [4.69, 9.17) is 16.3 Å². The van der Waals surface area contributed by atoms with Gasteiger partial charge < -0.3 is 10.1 Å². The van der Waals surface area contributed by atoms with Crippen LogP contribution in [0.3, 0.4) is 0 Å². The van der Waals surface area contributed by atoms with Crippen LogP contribution >= 0.6 is 11.6 Å². The first-order valence-electron chi connectivity index (χ1n) is 8.70. The Kier molecular flexibility index (Phi) is 6.12. The van der Waals surface area contributed by atoms with Gasteiger partial charge in [0.15, 0.2) is 0 Å². The Morgan fingerprint density at radius 3 is 2.69 bits per heavy atom. The van der Waals surface area contributed by atoms with Crippen molar-refractivity contribution in [2.75, 3.05) is 26.7 Å². The molecule has 4 nitrogen and oxygen atoms in total. The predicted molar refractivity (Wildman–Crippen MR) is 100 cm³/mol. The summed E-state index contributed by atoms with van der Waals surface area (Å²) in [6.45, 7) is 2.31. The van der Waals surface area contributed by atoms with Crippen molar-refractivity contribution in [3.05, 3.63) is 64.4 Å². The van der Waals surface area contributed by atoms with Gasteiger partial charge in [-0.15, -0.1) is 0 Å². The van der Waals surface area contributed by atoms with Crippen LogP contribution in [0.5, 0.6) is 5.75 Å². The summed E-state index contributed by atoms with van der Waals surface area (Å²) in [5.74, 6) is -0.278. The van der Waals surface area contributed by atoms with E-state index in [1.807, 2.05) is 24.3 Å². The van der Waals surface area contributed by atoms with Crippen LogP contribution in [0.1, 0.15) is 34.8 Å². The quantitative estimate of drug-likeness (QED) is 0.826. The molecule has 6 heteroatoms. The lowest BCUT2D eigenvalue weighted by Gasteiger charge is -2.29. The van der Waals surface area contributed by atoms with E-state index in [0.717, 1.165) is 43.3 Å². The minimum Gasteiger partial charge on any atom is -0.496 e. The van der Waals surface area contributed by atoms with Crippen LogP contribution in [0.2, 0.25) is 5.02 Å². The summed E-state index contributed by atoms with van der Waals surface area (Å²) < 4.78 is 19.5. The van der Waals surface area contributed by atoms with Crippen molar-refractivity contribution < 1.29 is 13.9 Å². The van der Waals surface area contributed by atoms with E-state index < -0.39 is 11.7 Å². The minimum absolute atomic E-state index is 0.00500. The zero-order valence-electron chi connectivity index (χ0n) is 14.7. The molecular weight excluding hydrogens is 355 g/mol. The smallest absolute Gasteiger partial charge is 0.254 e. The fourth-order valence-electron chi connectivity index (χ4n) is 3.39. The van der Waals surface area contributed by atoms with Gasteiger partial charge in [-0.25, -0.2) is 4.39 Å². The number of carbonyl (C=O) groups is 1. The van der Waals surface area contributed by atoms with Gasteiger partial charge in [-0.2, -0.15) is 0 Å². The normalized spacial score (nSPS) is 15.7. The molecule has 0 spiro atoms. The molecule has 138 valence electrons. The van der Waals surface area contributed by atoms with Crippen LogP contribution in [0.4, 0.5) is 4.39 Å². The molecule has 1 N–H and O–H groups in total. The SMILES string of the molecule is COc1ccccc1[C@@H](CNC(=O)c1ccc(Cl)cc1F)N1CCCC1. The number of methoxy groups -OCH3 is 1. The average molecular weight is 377 g/mol. The standard InChI is InChI=1S/C20H22ClFN2O2/c1-26-19-7-3-2-6-16(19)18(24-10-4-5-11-24)13-23-20(25)15-9-8-14(21)12-17(15)22/h2-3,6-9,12,18H,4-5,10-11,13H2,1H3,(H,23,25)/t18-/m1/s1. The second-order valence-corrected chi connectivity index (χ2v) is 6.77. The summed E-state index contributed by atoms with van der Waals surface area (Å²) in [7, 11) is 1.64. The molecule has 1 amide bonds. The monoisotopic (exact) mass is 376 g/mol. The van der Waals surface area contributed by atoms with E-state index in [0.29, 0.717) is 6.54 Å². The fourth-order valence-corrected chi connectivity index (χ4v) is 3.55. The summed E-state index contributed by atoms with van der Waals surface area (Å²) in [6.07, 6.45) is 2.26. The topological polar surface area (TPSA) is 41.6 Å². The number of para-hydroxylation sites is 1. The zero-order chi connectivity index (χ0) is 18.5. The lowest BCUT2D eigenvalue weighted by molar-refractivity contribution is 0.0933. The van der Waals surface area contributed by atoms with Crippen LogP contribution in [0.25, 0.3) is 0 Å². The number of likely N-dealkylation sites (tertiary alicyclic amines) is 1. The molecule has 26 heavy (non-hydrogen) atoms. The Morgan fingerprint density at radius 1 is 1.27 bits per heavy atom. The number of hydrogen-bond acceptors (Lipinski definition) is 3. The van der Waals surface area contributed by atoms with E-state index in [1.165, 1.54) is 12.1 Å². The van der Waals surface area contributed by atoms with Crippen molar-refractivity contribution in [1.82, 2.24) is 10.2 Å². The molecule has 0 radical (unpaired) electrons. The Balaban J connectivity index is 1.79. The lowest BCUT2D eigenvalue weighted by atomic mass is 10.0. The third kappa shape index (κ3) is 4.17. The maximum Gasteiger partial charge on any atom is 0.254 e. The van der Waals surface area contributed by atoms with Gasteiger partial charge in [0.2, 0.25) is 0 Å². The first-order chi connectivity index (χ1) is 12.6. The van der Waals surface area contributed by atoms with Gasteiger partial charge in [-0.3, -0.25) is 9.69 Å². The van der Waals surface area contributed by atoms with Crippen molar-refractivity contribution in [2.45, 2.75) is 18.9 Å². The van der Waals surface area contributed by atoms with Gasteiger partial charge >= 0.3 is 0 Å². The average Bonchev–Trinajstić information content (AvgIpc) is 3.16. The number of hydrogen-bond donors (Lipinski definition) is 1. The highest BCUT2D eigenvalue weighted by atomic mass is 35.5. The molecule has 1 aliphatic heterocycles. The molecule has 1 aliphatic rings. The molecule has 1 saturated heterocycles. The van der Waals surface area contributed by atoms with Gasteiger partial charge in [-0.1, -0.05) is 29.8 Å². The number of rotatable bonds is 6. The fraction of sp³-hybridized carbons (Fsp3) is 0.350. The van der Waals surface area contributed by atoms with E-state index in [1.54, 1.807) is 7.11 Å². The highest BCUT2D eigenvalue weighted by Gasteiger charge is 2.26. The van der Waals surface area contributed by atoms with E-state index in [2.05, 4.69) is 10.2 Å². The molecule has 0 bridgehead atoms. The molecule has 0 aromatic heterocycles. The molecule has 1 fully saturated rings. The highest BCUT2D eigenvalue weighted by Crippen LogP contribution is 2.31. The zero-order valence-corrected chi connectivity index (χ0v) is 15.4. The molecule has 2 aromatic carbocycles. The van der Waals surface area contributed by atoms with Crippen LogP contribution in [-0.4, -0.2) is 37.6 Å². The Labute approximate surface area is 157 Å². The number of nitrogens with zero attached hydrogens (tertiary/aromatic N) is 1. The van der Waals surface area contributed by atoms with Crippen molar-refractivity contribution >= 4 is 17.5 Å². The summed E-state index contributed by atoms with van der Waals surface area (Å²) >= 11 is 5.76. The van der Waals surface area contributed by atoms with Crippen molar-refractivity contribution in [1.29, 1.82) is 0 Å². The van der Waals surface area contributed by atoms with Crippen LogP contribution < -0.4 is 10.1 Å². The third-order valence-corrected chi connectivity index (χ3v) is 4.95. The Bertz CT molecular complexity index is 778. The van der Waals surface area contributed by atoms with Crippen molar-refractivity contribution in [3.63, 3.8) is 0 Å². The molecular formula is C20H22ClFN2O2. The first kappa shape index (κ1) is 18.7. The molecule has 3 rings (SSSR count). The third-order valence-electron chi connectivity index (χ3n) is 4.71. The summed E-state index contributed by atoms with van der Waals surface area (Å²) in [6, 6.07) is 11.9. The number of nitrogens with one attached hydrogen (secondary N) is 1. The van der Waals surface area contributed by atoms with Crippen LogP contribution in [0, 0.1) is 5.82 Å². The number of benzene rings is 2. The summed E-state index contributed by atoms with van der Waals surface area (Å²) in [5, 5.41) is 3.13. The summed E-state index contributed by atoms with van der Waals surface area (Å²) in [5.41, 5.74) is 1.02. The minimum atomic E-state index is -0.620. The lowest BCUT2D eigenvalue weighted by Crippen LogP contribution is -2.37. The van der Waals surface area contributed by atoms with E-state index in [9.17, 15) is 9.18 Å². The molecule has 2 aromatic rings. The Hall–Kier alpha value is -2.11. The number of amides is 1. The number of halogens is 2. The second kappa shape index (κ2) is 8.52. The van der Waals surface area contributed by atoms with Gasteiger partial charge in [0, 0.05) is 17.1 Å². The number of ether oxygens (including phenoxy) is 1. The largest absolute Gasteiger partial charge is 0.496 e. The van der Waals surface area contributed by atoms with Crippen LogP contribution in [-0.2, 0) is 0 Å². The van der Waals surface area contributed by atoms with Gasteiger partial charge in [0.25, 0.3) is 5.91 Å². The Morgan fingerprint density at radius 2 is 2.00 bits per heavy atom. The van der Waals surface area contributed by atoms with E-state index in [-0.39, 0.29) is 16.6 Å². The van der Waals surface area contributed by atoms with Crippen molar-refractivity contribution in [3.8, 4) is 5.75 Å². The molecule has 0 unspecified atom stereocenters. The van der Waals surface area contributed by atoms with Crippen molar-refractivity contribution in [2.24, 2.45) is 0 Å². The summed E-state index contributed by atoms with van der Waals surface area (Å²) in [4.78, 5) is 14.8. The van der Waals surface area contributed by atoms with E-state index >= 15 is 0 Å². The maximum absolute atomic E-state index is 14.0. The maximum atomic E-state index is 14.0. The second-order valence-electron chi connectivity index (χ2n) is 6.34. The molecule has 0 saturated carbocycles. The number of carbonyl (C=O) groups excluding carboxylic acids is 1. The van der Waals surface area contributed by atoms with Gasteiger partial charge in [0.1, 0.15) is 11.6 Å². The highest BCUT2D eigenvalue weighted by molar-refractivity contribution is 6.30. The molecule has 1 atom stereocenters. The van der Waals surface area contributed by atoms with Gasteiger partial charge in [-0.05, 0) is 50.2 Å². The first-order valence-corrected chi connectivity index (χ1v) is 9.08. The van der Waals surface area contributed by atoms with Gasteiger partial charge in [0.05, 0.1) is 18.7 Å². The molecule has 0 aliphatic carbocycles. The predicted octanol–water partition coefficient (Wildman–Crippen LogP) is 4.05. The van der Waals surface area contributed by atoms with Crippen LogP contribution in [0.15, 0.2) is 42.5 Å². The molecule has 1 heterocycles.